The van der Waals surface area contributed by atoms with Crippen molar-refractivity contribution >= 4 is 28.9 Å². The highest BCUT2D eigenvalue weighted by Crippen LogP contribution is 2.19. The molecule has 0 saturated carbocycles. The summed E-state index contributed by atoms with van der Waals surface area (Å²) in [4.78, 5) is 28.3. The van der Waals surface area contributed by atoms with Gasteiger partial charge in [0.25, 0.3) is 5.91 Å². The van der Waals surface area contributed by atoms with Gasteiger partial charge in [0.05, 0.1) is 30.1 Å². The Kier molecular flexibility index (Phi) is 6.01. The van der Waals surface area contributed by atoms with E-state index in [0.717, 1.165) is 12.1 Å². The van der Waals surface area contributed by atoms with Gasteiger partial charge in [-0.1, -0.05) is 25.1 Å². The monoisotopic (exact) mass is 375 g/mol. The third kappa shape index (κ3) is 4.73. The number of amides is 1. The Balaban J connectivity index is 1.72. The molecule has 0 aliphatic heterocycles. The third-order valence-corrected chi connectivity index (χ3v) is 4.19. The predicted octanol–water partition coefficient (Wildman–Crippen LogP) is 4.43. The van der Waals surface area contributed by atoms with Crippen molar-refractivity contribution in [3.63, 3.8) is 0 Å². The molecule has 0 unspecified atom stereocenters. The van der Waals surface area contributed by atoms with Crippen LogP contribution in [0.25, 0.3) is 0 Å². The molecule has 0 saturated heterocycles. The highest BCUT2D eigenvalue weighted by atomic mass is 16.5. The van der Waals surface area contributed by atoms with Crippen LogP contribution in [0.1, 0.15) is 33.2 Å². The average Bonchev–Trinajstić information content (AvgIpc) is 2.74. The second-order valence-electron chi connectivity index (χ2n) is 6.16. The summed E-state index contributed by atoms with van der Waals surface area (Å²) in [5.74, 6) is -0.660. The summed E-state index contributed by atoms with van der Waals surface area (Å²) in [5.41, 5.74) is 4.12. The van der Waals surface area contributed by atoms with E-state index in [0.29, 0.717) is 22.5 Å². The van der Waals surface area contributed by atoms with E-state index < -0.39 is 5.97 Å². The van der Waals surface area contributed by atoms with Gasteiger partial charge in [0, 0.05) is 17.6 Å². The quantitative estimate of drug-likeness (QED) is 0.623. The molecular weight excluding hydrogens is 354 g/mol. The van der Waals surface area contributed by atoms with Gasteiger partial charge in [0.15, 0.2) is 0 Å². The van der Waals surface area contributed by atoms with Crippen molar-refractivity contribution in [3.8, 4) is 0 Å². The highest BCUT2D eigenvalue weighted by molar-refractivity contribution is 6.04. The molecule has 6 heteroatoms. The van der Waals surface area contributed by atoms with Gasteiger partial charge in [-0.05, 0) is 48.4 Å². The summed E-state index contributed by atoms with van der Waals surface area (Å²) >= 11 is 0. The summed E-state index contributed by atoms with van der Waals surface area (Å²) in [6.07, 6.45) is 4.06. The van der Waals surface area contributed by atoms with Crippen molar-refractivity contribution in [1.29, 1.82) is 0 Å². The number of esters is 1. The van der Waals surface area contributed by atoms with Crippen molar-refractivity contribution in [2.75, 3.05) is 17.7 Å². The molecular formula is C22H21N3O3. The fraction of sp³-hybridized carbons (Fsp3) is 0.136. The van der Waals surface area contributed by atoms with Crippen molar-refractivity contribution in [2.24, 2.45) is 0 Å². The minimum Gasteiger partial charge on any atom is -0.465 e. The van der Waals surface area contributed by atoms with E-state index in [4.69, 9.17) is 4.74 Å². The van der Waals surface area contributed by atoms with Gasteiger partial charge in [0.2, 0.25) is 0 Å². The second kappa shape index (κ2) is 8.81. The fourth-order valence-electron chi connectivity index (χ4n) is 2.67. The predicted molar refractivity (Wildman–Crippen MR) is 109 cm³/mol. The number of ether oxygens (including phenoxy) is 1. The molecule has 2 aromatic carbocycles. The van der Waals surface area contributed by atoms with Crippen LogP contribution in [0, 0.1) is 0 Å². The lowest BCUT2D eigenvalue weighted by atomic mass is 10.1. The molecule has 0 atom stereocenters. The number of benzene rings is 2. The van der Waals surface area contributed by atoms with Gasteiger partial charge < -0.3 is 15.4 Å². The number of carbonyl (C=O) groups is 2. The molecule has 1 heterocycles. The van der Waals surface area contributed by atoms with Gasteiger partial charge in [-0.2, -0.15) is 0 Å². The SMILES string of the molecule is CCc1ccc(NC(=O)c2cncc(Nc3cccc(C(=O)OC)c3)c2)cc1. The van der Waals surface area contributed by atoms with Crippen LogP contribution in [0.2, 0.25) is 0 Å². The van der Waals surface area contributed by atoms with Crippen molar-refractivity contribution in [3.05, 3.63) is 83.7 Å². The van der Waals surface area contributed by atoms with E-state index >= 15 is 0 Å². The first-order valence-electron chi connectivity index (χ1n) is 8.90. The number of anilines is 3. The Hall–Kier alpha value is -3.67. The van der Waals surface area contributed by atoms with Crippen molar-refractivity contribution in [2.45, 2.75) is 13.3 Å². The minimum atomic E-state index is -0.413. The first-order chi connectivity index (χ1) is 13.6. The molecule has 3 rings (SSSR count). The lowest BCUT2D eigenvalue weighted by Crippen LogP contribution is -2.12. The maximum Gasteiger partial charge on any atom is 0.337 e. The number of hydrogen-bond donors (Lipinski definition) is 2. The number of pyridine rings is 1. The molecule has 142 valence electrons. The van der Waals surface area contributed by atoms with Gasteiger partial charge in [-0.15, -0.1) is 0 Å². The normalized spacial score (nSPS) is 10.2. The molecule has 0 aliphatic rings. The highest BCUT2D eigenvalue weighted by Gasteiger charge is 2.09. The molecule has 2 N–H and O–H groups in total. The van der Waals surface area contributed by atoms with E-state index in [-0.39, 0.29) is 5.91 Å². The van der Waals surface area contributed by atoms with E-state index in [1.165, 1.54) is 18.9 Å². The zero-order valence-electron chi connectivity index (χ0n) is 15.7. The van der Waals surface area contributed by atoms with Crippen molar-refractivity contribution in [1.82, 2.24) is 4.98 Å². The number of nitrogens with one attached hydrogen (secondary N) is 2. The maximum atomic E-state index is 12.5. The van der Waals surface area contributed by atoms with E-state index in [1.54, 1.807) is 30.5 Å². The summed E-state index contributed by atoms with van der Waals surface area (Å²) in [6, 6.07) is 16.3. The molecule has 6 nitrogen and oxygen atoms in total. The van der Waals surface area contributed by atoms with Crippen molar-refractivity contribution < 1.29 is 14.3 Å². The van der Waals surface area contributed by atoms with Crippen LogP contribution >= 0.6 is 0 Å². The molecule has 1 aromatic heterocycles. The Morgan fingerprint density at radius 1 is 0.929 bits per heavy atom. The molecule has 0 bridgehead atoms. The van der Waals surface area contributed by atoms with Crippen LogP contribution in [-0.2, 0) is 11.2 Å². The largest absolute Gasteiger partial charge is 0.465 e. The molecule has 0 aliphatic carbocycles. The Morgan fingerprint density at radius 2 is 1.68 bits per heavy atom. The van der Waals surface area contributed by atoms with Crippen LogP contribution in [0.3, 0.4) is 0 Å². The number of nitrogens with zero attached hydrogens (tertiary/aromatic N) is 1. The first-order valence-corrected chi connectivity index (χ1v) is 8.90. The smallest absolute Gasteiger partial charge is 0.337 e. The van der Waals surface area contributed by atoms with E-state index in [1.807, 2.05) is 30.3 Å². The van der Waals surface area contributed by atoms with E-state index in [9.17, 15) is 9.59 Å². The van der Waals surface area contributed by atoms with Crippen LogP contribution in [-0.4, -0.2) is 24.0 Å². The topological polar surface area (TPSA) is 80.3 Å². The number of aryl methyl sites for hydroxylation is 1. The average molecular weight is 375 g/mol. The summed E-state index contributed by atoms with van der Waals surface area (Å²) < 4.78 is 4.73. The lowest BCUT2D eigenvalue weighted by Gasteiger charge is -2.10. The van der Waals surface area contributed by atoms with Gasteiger partial charge in [0.1, 0.15) is 0 Å². The molecule has 0 fully saturated rings. The van der Waals surface area contributed by atoms with Crippen LogP contribution in [0.4, 0.5) is 17.1 Å². The number of rotatable bonds is 6. The maximum absolute atomic E-state index is 12.5. The first kappa shape index (κ1) is 19.1. The Morgan fingerprint density at radius 3 is 2.39 bits per heavy atom. The minimum absolute atomic E-state index is 0.247. The summed E-state index contributed by atoms with van der Waals surface area (Å²) in [5, 5.41) is 6.01. The zero-order chi connectivity index (χ0) is 19.9. The van der Waals surface area contributed by atoms with E-state index in [2.05, 4.69) is 22.5 Å². The Bertz CT molecular complexity index is 984. The number of carbonyl (C=O) groups excluding carboxylic acids is 2. The molecule has 3 aromatic rings. The zero-order valence-corrected chi connectivity index (χ0v) is 15.7. The number of methoxy groups -OCH3 is 1. The van der Waals surface area contributed by atoms with Crippen LogP contribution in [0.5, 0.6) is 0 Å². The van der Waals surface area contributed by atoms with Gasteiger partial charge in [-0.3, -0.25) is 9.78 Å². The summed E-state index contributed by atoms with van der Waals surface area (Å²) in [6.45, 7) is 2.08. The summed E-state index contributed by atoms with van der Waals surface area (Å²) in [7, 11) is 1.34. The standard InChI is InChI=1S/C22H21N3O3/c1-3-15-7-9-18(10-8-15)25-21(26)17-12-20(14-23-13-17)24-19-6-4-5-16(11-19)22(27)28-2/h4-14,24H,3H2,1-2H3,(H,25,26). The van der Waals surface area contributed by atoms with Gasteiger partial charge >= 0.3 is 5.97 Å². The van der Waals surface area contributed by atoms with Crippen LogP contribution < -0.4 is 10.6 Å². The molecule has 0 spiro atoms. The van der Waals surface area contributed by atoms with Gasteiger partial charge in [-0.25, -0.2) is 4.79 Å². The molecule has 28 heavy (non-hydrogen) atoms. The second-order valence-corrected chi connectivity index (χ2v) is 6.16. The van der Waals surface area contributed by atoms with Crippen LogP contribution in [0.15, 0.2) is 67.0 Å². The number of hydrogen-bond acceptors (Lipinski definition) is 5. The number of aromatic nitrogens is 1. The molecule has 0 radical (unpaired) electrons. The molecule has 1 amide bonds. The third-order valence-electron chi connectivity index (χ3n) is 4.19. The fourth-order valence-corrected chi connectivity index (χ4v) is 2.67. The lowest BCUT2D eigenvalue weighted by molar-refractivity contribution is 0.0600. The Labute approximate surface area is 163 Å².